The number of aromatic nitrogens is 1. The van der Waals surface area contributed by atoms with E-state index in [1.54, 1.807) is 31.2 Å². The van der Waals surface area contributed by atoms with E-state index in [2.05, 4.69) is 16.0 Å². The highest BCUT2D eigenvalue weighted by molar-refractivity contribution is 7.07. The minimum atomic E-state index is -0.642. The molecule has 0 saturated heterocycles. The summed E-state index contributed by atoms with van der Waals surface area (Å²) in [5, 5.41) is 28.1. The lowest BCUT2D eigenvalue weighted by molar-refractivity contribution is -0.123. The van der Waals surface area contributed by atoms with E-state index >= 15 is 0 Å². The highest BCUT2D eigenvalue weighted by Crippen LogP contribution is 2.20. The van der Waals surface area contributed by atoms with Gasteiger partial charge in [0.05, 0.1) is 12.6 Å². The maximum Gasteiger partial charge on any atom is 0.270 e. The second kappa shape index (κ2) is 11.5. The van der Waals surface area contributed by atoms with Gasteiger partial charge in [-0.05, 0) is 30.5 Å². The molecule has 10 heteroatoms. The van der Waals surface area contributed by atoms with Gasteiger partial charge in [-0.3, -0.25) is 19.0 Å². The molecular weight excluding hydrogens is 478 g/mol. The zero-order valence-corrected chi connectivity index (χ0v) is 22.7. The zero-order chi connectivity index (χ0) is 27.3. The summed E-state index contributed by atoms with van der Waals surface area (Å²) < 4.78 is 1.93. The molecular formula is C26H35N5O4S. The van der Waals surface area contributed by atoms with Crippen LogP contribution in [0.3, 0.4) is 0 Å². The predicted molar refractivity (Wildman–Crippen MR) is 144 cm³/mol. The number of carbonyl (C=O) groups excluding carboxylic acids is 2. The number of anilines is 2. The Morgan fingerprint density at radius 1 is 1.19 bits per heavy atom. The van der Waals surface area contributed by atoms with Crippen LogP contribution in [0, 0.1) is 22.2 Å². The molecule has 0 aliphatic rings. The molecule has 0 saturated carbocycles. The number of aliphatic hydroxyl groups excluding tert-OH is 1. The molecule has 0 fully saturated rings. The number of nitriles is 1. The van der Waals surface area contributed by atoms with Crippen molar-refractivity contribution in [3.63, 3.8) is 0 Å². The van der Waals surface area contributed by atoms with Gasteiger partial charge in [0, 0.05) is 29.5 Å². The summed E-state index contributed by atoms with van der Waals surface area (Å²) in [6, 6.07) is 8.44. The molecule has 0 unspecified atom stereocenters. The van der Waals surface area contributed by atoms with Crippen LogP contribution in [0.4, 0.5) is 11.4 Å². The van der Waals surface area contributed by atoms with Crippen molar-refractivity contribution in [3.8, 4) is 6.07 Å². The molecule has 1 aromatic heterocycles. The Hall–Kier alpha value is -3.42. The van der Waals surface area contributed by atoms with Crippen LogP contribution in [-0.2, 0) is 16.1 Å². The van der Waals surface area contributed by atoms with Gasteiger partial charge >= 0.3 is 0 Å². The third-order valence-corrected chi connectivity index (χ3v) is 6.61. The smallest absolute Gasteiger partial charge is 0.270 e. The van der Waals surface area contributed by atoms with E-state index in [-0.39, 0.29) is 34.9 Å². The van der Waals surface area contributed by atoms with E-state index in [0.717, 1.165) is 11.3 Å². The van der Waals surface area contributed by atoms with Crippen molar-refractivity contribution in [3.05, 3.63) is 43.8 Å². The first-order chi connectivity index (χ1) is 16.7. The largest absolute Gasteiger partial charge is 0.394 e. The molecule has 0 spiro atoms. The molecule has 9 nitrogen and oxygen atoms in total. The molecule has 2 amide bonds. The lowest BCUT2D eigenvalue weighted by Gasteiger charge is -2.29. The van der Waals surface area contributed by atoms with Crippen LogP contribution in [0.2, 0.25) is 0 Å². The number of nitrogens with one attached hydrogen (secondary N) is 3. The fourth-order valence-electron chi connectivity index (χ4n) is 3.11. The molecule has 1 atom stereocenters. The molecule has 0 bridgehead atoms. The minimum Gasteiger partial charge on any atom is -0.394 e. The van der Waals surface area contributed by atoms with Crippen molar-refractivity contribution < 1.29 is 14.7 Å². The standard InChI is InChI=1S/C26H35N5O4S/c1-8-31-22(34)19(14-28-16-10-9-11-17(12-16)29-24(35)26(5,6)7)36-23(31)18(13-27)21(33)30-20(15-32)25(2,3)4/h9-12,14,20,28,32H,8,15H2,1-7H3,(H,29,35)(H,30,33)/t20-/m1/s1. The lowest BCUT2D eigenvalue weighted by Crippen LogP contribution is -2.47. The topological polar surface area (TPSA) is 136 Å². The summed E-state index contributed by atoms with van der Waals surface area (Å²) in [6.07, 6.45) is 1.52. The van der Waals surface area contributed by atoms with Crippen molar-refractivity contribution in [2.75, 3.05) is 17.2 Å². The monoisotopic (exact) mass is 513 g/mol. The van der Waals surface area contributed by atoms with Crippen molar-refractivity contribution in [2.45, 2.75) is 61.1 Å². The normalized spacial score (nSPS) is 14.0. The average Bonchev–Trinajstić information content (AvgIpc) is 3.10. The fourth-order valence-corrected chi connectivity index (χ4v) is 4.20. The van der Waals surface area contributed by atoms with Gasteiger partial charge in [-0.15, -0.1) is 11.3 Å². The summed E-state index contributed by atoms with van der Waals surface area (Å²) >= 11 is 1.03. The number of aliphatic hydroxyl groups is 1. The van der Waals surface area contributed by atoms with Crippen LogP contribution >= 0.6 is 11.3 Å². The predicted octanol–water partition coefficient (Wildman–Crippen LogP) is 1.96. The first-order valence-corrected chi connectivity index (χ1v) is 12.5. The third-order valence-electron chi connectivity index (χ3n) is 5.48. The van der Waals surface area contributed by atoms with Gasteiger partial charge in [-0.1, -0.05) is 47.6 Å². The quantitative estimate of drug-likeness (QED) is 0.447. The third kappa shape index (κ3) is 7.06. The molecule has 2 aromatic rings. The number of rotatable bonds is 7. The number of nitrogens with zero attached hydrogens (tertiary/aromatic N) is 2. The van der Waals surface area contributed by atoms with Crippen LogP contribution in [0.15, 0.2) is 29.1 Å². The molecule has 194 valence electrons. The van der Waals surface area contributed by atoms with Gasteiger partial charge < -0.3 is 21.1 Å². The molecule has 0 radical (unpaired) electrons. The van der Waals surface area contributed by atoms with Gasteiger partial charge in [0.2, 0.25) is 5.91 Å². The molecule has 36 heavy (non-hydrogen) atoms. The first kappa shape index (κ1) is 28.8. The zero-order valence-electron chi connectivity index (χ0n) is 21.9. The van der Waals surface area contributed by atoms with Crippen LogP contribution in [0.5, 0.6) is 0 Å². The molecule has 0 aliphatic heterocycles. The SMILES string of the molecule is CCn1c(=C(C#N)C(=O)N[C@H](CO)C(C)(C)C)sc(=CNc2cccc(NC(=O)C(C)(C)C)c2)c1=O. The highest BCUT2D eigenvalue weighted by atomic mass is 32.1. The Kier molecular flexibility index (Phi) is 9.24. The number of benzene rings is 1. The average molecular weight is 514 g/mol. The van der Waals surface area contributed by atoms with Gasteiger partial charge in [0.25, 0.3) is 11.5 Å². The maximum atomic E-state index is 13.0. The van der Waals surface area contributed by atoms with E-state index in [1.807, 2.05) is 47.6 Å². The van der Waals surface area contributed by atoms with Gasteiger partial charge in [-0.2, -0.15) is 5.26 Å². The Labute approximate surface area is 215 Å². The van der Waals surface area contributed by atoms with Crippen molar-refractivity contribution in [1.29, 1.82) is 5.26 Å². The number of amides is 2. The maximum absolute atomic E-state index is 13.0. The van der Waals surface area contributed by atoms with E-state index in [1.165, 1.54) is 10.8 Å². The molecule has 1 heterocycles. The summed E-state index contributed by atoms with van der Waals surface area (Å²) in [5.74, 6) is -0.762. The van der Waals surface area contributed by atoms with Crippen LogP contribution in [0.25, 0.3) is 11.8 Å². The van der Waals surface area contributed by atoms with E-state index < -0.39 is 22.8 Å². The van der Waals surface area contributed by atoms with Crippen LogP contribution < -0.4 is 30.7 Å². The van der Waals surface area contributed by atoms with E-state index in [4.69, 9.17) is 0 Å². The second-order valence-electron chi connectivity index (χ2n) is 10.5. The number of carbonyl (C=O) groups is 2. The fraction of sp³-hybridized carbons (Fsp3) is 0.462. The number of thiazole rings is 1. The molecule has 4 N–H and O–H groups in total. The molecule has 2 rings (SSSR count). The molecule has 0 aliphatic carbocycles. The first-order valence-electron chi connectivity index (χ1n) is 11.7. The Morgan fingerprint density at radius 3 is 2.36 bits per heavy atom. The molecule has 1 aromatic carbocycles. The van der Waals surface area contributed by atoms with Gasteiger partial charge in [0.15, 0.2) is 5.57 Å². The van der Waals surface area contributed by atoms with Gasteiger partial charge in [-0.25, -0.2) is 0 Å². The van der Waals surface area contributed by atoms with Crippen molar-refractivity contribution in [2.24, 2.45) is 10.8 Å². The Balaban J connectivity index is 2.45. The number of hydrogen-bond donors (Lipinski definition) is 4. The number of hydrogen-bond acceptors (Lipinski definition) is 7. The Morgan fingerprint density at radius 2 is 1.83 bits per heavy atom. The van der Waals surface area contributed by atoms with Gasteiger partial charge in [0.1, 0.15) is 15.3 Å². The highest BCUT2D eigenvalue weighted by Gasteiger charge is 2.27. The van der Waals surface area contributed by atoms with Crippen LogP contribution in [-0.4, -0.2) is 34.1 Å². The minimum absolute atomic E-state index is 0.120. The van der Waals surface area contributed by atoms with E-state index in [0.29, 0.717) is 15.9 Å². The second-order valence-corrected chi connectivity index (χ2v) is 11.5. The summed E-state index contributed by atoms with van der Waals surface area (Å²) in [5.41, 5.74) is -0.225. The lowest BCUT2D eigenvalue weighted by atomic mass is 9.87. The summed E-state index contributed by atoms with van der Waals surface area (Å²) in [6.45, 7) is 12.8. The van der Waals surface area contributed by atoms with E-state index in [9.17, 15) is 24.8 Å². The Bertz CT molecular complexity index is 1340. The van der Waals surface area contributed by atoms with Crippen molar-refractivity contribution in [1.82, 2.24) is 9.88 Å². The summed E-state index contributed by atoms with van der Waals surface area (Å²) in [4.78, 5) is 38.2. The van der Waals surface area contributed by atoms with Crippen LogP contribution in [0.1, 0.15) is 48.5 Å². The van der Waals surface area contributed by atoms with Crippen molar-refractivity contribution >= 4 is 46.3 Å². The summed E-state index contributed by atoms with van der Waals surface area (Å²) in [7, 11) is 0.